The van der Waals surface area contributed by atoms with Crippen molar-refractivity contribution < 1.29 is 4.42 Å². The van der Waals surface area contributed by atoms with E-state index in [0.717, 1.165) is 27.3 Å². The van der Waals surface area contributed by atoms with E-state index in [1.165, 1.54) is 71.1 Å². The van der Waals surface area contributed by atoms with Crippen LogP contribution in [0, 0.1) is 0 Å². The van der Waals surface area contributed by atoms with E-state index >= 15 is 0 Å². The molecule has 1 nitrogen and oxygen atoms in total. The average molecular weight is 597 g/mol. The molecular weight excluding hydrogens is 569 g/mol. The van der Waals surface area contributed by atoms with Crippen LogP contribution in [0.15, 0.2) is 174 Å². The Bertz CT molecular complexity index is 2830. The molecule has 0 bridgehead atoms. The second-order valence-electron chi connectivity index (χ2n) is 12.4. The van der Waals surface area contributed by atoms with Crippen LogP contribution in [0.25, 0.3) is 98.4 Å². The van der Waals surface area contributed by atoms with Gasteiger partial charge in [0.15, 0.2) is 0 Å². The summed E-state index contributed by atoms with van der Waals surface area (Å²) in [5.74, 6) is 0. The summed E-state index contributed by atoms with van der Waals surface area (Å²) in [5, 5.41) is 12.1. The van der Waals surface area contributed by atoms with E-state index < -0.39 is 0 Å². The van der Waals surface area contributed by atoms with Crippen molar-refractivity contribution in [1.82, 2.24) is 0 Å². The van der Waals surface area contributed by atoms with Gasteiger partial charge in [-0.15, -0.1) is 0 Å². The molecule has 1 heterocycles. The van der Waals surface area contributed by atoms with Gasteiger partial charge in [0, 0.05) is 16.2 Å². The largest absolute Gasteiger partial charge is 0.455 e. The van der Waals surface area contributed by atoms with Crippen LogP contribution < -0.4 is 0 Å². The minimum absolute atomic E-state index is 0.908. The number of furan rings is 1. The predicted octanol–water partition coefficient (Wildman–Crippen LogP) is 13.2. The normalized spacial score (nSPS) is 11.8. The maximum Gasteiger partial charge on any atom is 0.143 e. The molecule has 0 atom stereocenters. The fourth-order valence-corrected chi connectivity index (χ4v) is 7.77. The molecule has 0 aliphatic carbocycles. The second kappa shape index (κ2) is 10.2. The first-order chi connectivity index (χ1) is 23.3. The van der Waals surface area contributed by atoms with Crippen molar-refractivity contribution in [1.29, 1.82) is 0 Å². The molecule has 0 amide bonds. The number of hydrogen-bond acceptors (Lipinski definition) is 1. The summed E-state index contributed by atoms with van der Waals surface area (Å²) >= 11 is 0. The van der Waals surface area contributed by atoms with Crippen molar-refractivity contribution in [3.63, 3.8) is 0 Å². The fraction of sp³-hybridized carbons (Fsp3) is 0. The summed E-state index contributed by atoms with van der Waals surface area (Å²) in [7, 11) is 0. The summed E-state index contributed by atoms with van der Waals surface area (Å²) in [6.07, 6.45) is 0. The molecule has 47 heavy (non-hydrogen) atoms. The first-order valence-electron chi connectivity index (χ1n) is 16.2. The Balaban J connectivity index is 1.39. The van der Waals surface area contributed by atoms with E-state index in [2.05, 4.69) is 170 Å². The van der Waals surface area contributed by atoms with E-state index in [1.54, 1.807) is 0 Å². The lowest BCUT2D eigenvalue weighted by atomic mass is 9.83. The molecule has 1 heteroatoms. The molecule has 0 aliphatic rings. The Morgan fingerprint density at radius 2 is 0.894 bits per heavy atom. The Hall–Kier alpha value is -6.18. The Morgan fingerprint density at radius 1 is 0.319 bits per heavy atom. The van der Waals surface area contributed by atoms with Crippen LogP contribution in [-0.4, -0.2) is 0 Å². The third-order valence-electron chi connectivity index (χ3n) is 9.85. The first-order valence-corrected chi connectivity index (χ1v) is 16.2. The van der Waals surface area contributed by atoms with Crippen molar-refractivity contribution >= 4 is 65.0 Å². The van der Waals surface area contributed by atoms with E-state index in [0.29, 0.717) is 0 Å². The fourth-order valence-electron chi connectivity index (χ4n) is 7.77. The minimum Gasteiger partial charge on any atom is -0.455 e. The maximum atomic E-state index is 6.67. The summed E-state index contributed by atoms with van der Waals surface area (Å²) in [6, 6.07) is 61.5. The van der Waals surface area contributed by atoms with Crippen LogP contribution in [0.1, 0.15) is 0 Å². The third-order valence-corrected chi connectivity index (χ3v) is 9.85. The van der Waals surface area contributed by atoms with Crippen molar-refractivity contribution in [2.45, 2.75) is 0 Å². The topological polar surface area (TPSA) is 13.1 Å². The van der Waals surface area contributed by atoms with Gasteiger partial charge in [-0.3, -0.25) is 0 Å². The van der Waals surface area contributed by atoms with E-state index in [-0.39, 0.29) is 0 Å². The smallest absolute Gasteiger partial charge is 0.143 e. The Morgan fingerprint density at radius 3 is 1.70 bits per heavy atom. The Kier molecular flexibility index (Phi) is 5.64. The molecule has 10 aromatic rings. The van der Waals surface area contributed by atoms with Gasteiger partial charge in [-0.2, -0.15) is 0 Å². The monoisotopic (exact) mass is 596 g/mol. The minimum atomic E-state index is 0.908. The first kappa shape index (κ1) is 26.1. The quantitative estimate of drug-likeness (QED) is 0.185. The van der Waals surface area contributed by atoms with E-state index in [1.807, 2.05) is 0 Å². The Labute approximate surface area is 271 Å². The third kappa shape index (κ3) is 3.90. The van der Waals surface area contributed by atoms with Crippen LogP contribution in [0.3, 0.4) is 0 Å². The lowest BCUT2D eigenvalue weighted by Gasteiger charge is -2.20. The van der Waals surface area contributed by atoms with Crippen LogP contribution in [-0.2, 0) is 0 Å². The van der Waals surface area contributed by atoms with E-state index in [9.17, 15) is 0 Å². The number of rotatable bonds is 3. The summed E-state index contributed by atoms with van der Waals surface area (Å²) < 4.78 is 6.67. The van der Waals surface area contributed by atoms with Crippen molar-refractivity contribution in [3.8, 4) is 33.4 Å². The molecule has 0 radical (unpaired) electrons. The lowest BCUT2D eigenvalue weighted by Crippen LogP contribution is -1.93. The van der Waals surface area contributed by atoms with Crippen molar-refractivity contribution in [2.75, 3.05) is 0 Å². The number of hydrogen-bond donors (Lipinski definition) is 0. The molecule has 0 spiro atoms. The van der Waals surface area contributed by atoms with Gasteiger partial charge in [0.25, 0.3) is 0 Å². The molecule has 1 aromatic heterocycles. The molecule has 9 aromatic carbocycles. The van der Waals surface area contributed by atoms with Gasteiger partial charge in [0.2, 0.25) is 0 Å². The lowest BCUT2D eigenvalue weighted by molar-refractivity contribution is 0.673. The highest BCUT2D eigenvalue weighted by molar-refractivity contribution is 6.28. The van der Waals surface area contributed by atoms with Gasteiger partial charge >= 0.3 is 0 Å². The zero-order valence-corrected chi connectivity index (χ0v) is 25.6. The summed E-state index contributed by atoms with van der Waals surface area (Å²) in [4.78, 5) is 0. The molecule has 0 fully saturated rings. The highest BCUT2D eigenvalue weighted by Crippen LogP contribution is 2.49. The maximum absolute atomic E-state index is 6.67. The van der Waals surface area contributed by atoms with Crippen molar-refractivity contribution in [3.05, 3.63) is 170 Å². The number of benzene rings is 9. The van der Waals surface area contributed by atoms with Crippen molar-refractivity contribution in [2.24, 2.45) is 0 Å². The van der Waals surface area contributed by atoms with Gasteiger partial charge in [0.1, 0.15) is 11.2 Å². The predicted molar refractivity (Wildman–Crippen MR) is 200 cm³/mol. The molecular formula is C46H28O. The molecule has 218 valence electrons. The van der Waals surface area contributed by atoms with Crippen LogP contribution in [0.2, 0.25) is 0 Å². The van der Waals surface area contributed by atoms with Gasteiger partial charge < -0.3 is 4.42 Å². The van der Waals surface area contributed by atoms with Gasteiger partial charge in [-0.1, -0.05) is 152 Å². The SMILES string of the molecule is c1ccc(-c2ccc3c(-c4cccc5oc6c7ccccc7ccc6c45)c4ccccc4c(-c4cccc5ccccc45)c3c2)cc1. The second-order valence-corrected chi connectivity index (χ2v) is 12.4. The molecule has 0 unspecified atom stereocenters. The molecule has 0 saturated carbocycles. The molecule has 0 saturated heterocycles. The van der Waals surface area contributed by atoms with Gasteiger partial charge in [-0.05, 0) is 89.3 Å². The van der Waals surface area contributed by atoms with E-state index in [4.69, 9.17) is 4.42 Å². The molecule has 0 aliphatic heterocycles. The van der Waals surface area contributed by atoms with Gasteiger partial charge in [0.05, 0.1) is 0 Å². The molecule has 0 N–H and O–H groups in total. The van der Waals surface area contributed by atoms with Crippen LogP contribution >= 0.6 is 0 Å². The highest BCUT2D eigenvalue weighted by atomic mass is 16.3. The van der Waals surface area contributed by atoms with Gasteiger partial charge in [-0.25, -0.2) is 0 Å². The standard InChI is InChI=1S/C46H28O/c1-2-12-29(13-3-1)32-25-26-38-41(28-32)44(35-21-10-16-30-14-4-6-17-33(30)35)37-20-9-8-19-36(37)43(38)39-22-11-23-42-45(39)40-27-24-31-15-5-7-18-34(31)46(40)47-42/h1-28H. The highest BCUT2D eigenvalue weighted by Gasteiger charge is 2.22. The number of fused-ring (bicyclic) bond motifs is 8. The van der Waals surface area contributed by atoms with Crippen LogP contribution in [0.4, 0.5) is 0 Å². The summed E-state index contributed by atoms with van der Waals surface area (Å²) in [5.41, 5.74) is 9.21. The zero-order chi connectivity index (χ0) is 30.9. The molecule has 10 rings (SSSR count). The average Bonchev–Trinajstić information content (AvgIpc) is 3.54. The summed E-state index contributed by atoms with van der Waals surface area (Å²) in [6.45, 7) is 0. The van der Waals surface area contributed by atoms with Crippen LogP contribution in [0.5, 0.6) is 0 Å². The zero-order valence-electron chi connectivity index (χ0n) is 25.6.